The highest BCUT2D eigenvalue weighted by molar-refractivity contribution is 9.10. The summed E-state index contributed by atoms with van der Waals surface area (Å²) >= 11 is 3.57. The maximum atomic E-state index is 5.53. The topological polar surface area (TPSA) is 24.5 Å². The molecule has 1 heterocycles. The summed E-state index contributed by atoms with van der Waals surface area (Å²) < 4.78 is 6.63. The molecule has 1 aromatic carbocycles. The molecular weight excluding hydrogens is 316 g/mol. The standard InChI is InChI=1S/C16H25BrN2O/c1-16(2,3)15-11-19(9-5-8-18-15)13-10-12(17)6-7-14(13)20-4/h6-7,10,15,18H,5,8-9,11H2,1-4H3. The van der Waals surface area contributed by atoms with E-state index in [9.17, 15) is 0 Å². The summed E-state index contributed by atoms with van der Waals surface area (Å²) in [6, 6.07) is 6.70. The van der Waals surface area contributed by atoms with Gasteiger partial charge < -0.3 is 15.0 Å². The van der Waals surface area contributed by atoms with E-state index in [0.29, 0.717) is 6.04 Å². The molecule has 1 N–H and O–H groups in total. The highest BCUT2D eigenvalue weighted by atomic mass is 79.9. The van der Waals surface area contributed by atoms with Crippen LogP contribution in [0.3, 0.4) is 0 Å². The van der Waals surface area contributed by atoms with Gasteiger partial charge in [-0.15, -0.1) is 0 Å². The Kier molecular flexibility index (Phi) is 4.97. The third-order valence-corrected chi connectivity index (χ3v) is 4.42. The monoisotopic (exact) mass is 340 g/mol. The molecule has 1 aliphatic rings. The van der Waals surface area contributed by atoms with Crippen molar-refractivity contribution in [3.05, 3.63) is 22.7 Å². The Bertz CT molecular complexity index is 456. The number of halogens is 1. The van der Waals surface area contributed by atoms with Gasteiger partial charge in [0.15, 0.2) is 0 Å². The molecule has 2 rings (SSSR count). The van der Waals surface area contributed by atoms with Crippen LogP contribution < -0.4 is 15.0 Å². The van der Waals surface area contributed by atoms with Gasteiger partial charge in [-0.05, 0) is 36.6 Å². The molecule has 0 bridgehead atoms. The summed E-state index contributed by atoms with van der Waals surface area (Å²) in [7, 11) is 1.74. The third kappa shape index (κ3) is 3.67. The minimum absolute atomic E-state index is 0.252. The van der Waals surface area contributed by atoms with Gasteiger partial charge in [-0.3, -0.25) is 0 Å². The molecule has 1 saturated heterocycles. The Morgan fingerprint density at radius 2 is 2.10 bits per heavy atom. The van der Waals surface area contributed by atoms with Crippen LogP contribution in [0.1, 0.15) is 27.2 Å². The zero-order valence-corrected chi connectivity index (χ0v) is 14.5. The number of hydrogen-bond donors (Lipinski definition) is 1. The van der Waals surface area contributed by atoms with Crippen LogP contribution in [0.15, 0.2) is 22.7 Å². The van der Waals surface area contributed by atoms with Crippen molar-refractivity contribution >= 4 is 21.6 Å². The smallest absolute Gasteiger partial charge is 0.142 e. The number of nitrogens with one attached hydrogen (secondary N) is 1. The number of anilines is 1. The lowest BCUT2D eigenvalue weighted by atomic mass is 9.86. The molecule has 3 nitrogen and oxygen atoms in total. The lowest BCUT2D eigenvalue weighted by Gasteiger charge is -2.35. The highest BCUT2D eigenvalue weighted by Crippen LogP contribution is 2.33. The van der Waals surface area contributed by atoms with Crippen LogP contribution in [-0.2, 0) is 0 Å². The molecule has 1 atom stereocenters. The predicted molar refractivity (Wildman–Crippen MR) is 88.8 cm³/mol. The normalized spacial score (nSPS) is 20.6. The quantitative estimate of drug-likeness (QED) is 0.888. The highest BCUT2D eigenvalue weighted by Gasteiger charge is 2.29. The average molecular weight is 341 g/mol. The van der Waals surface area contributed by atoms with Crippen molar-refractivity contribution in [3.63, 3.8) is 0 Å². The summed E-state index contributed by atoms with van der Waals surface area (Å²) in [6.07, 6.45) is 1.16. The molecule has 20 heavy (non-hydrogen) atoms. The second-order valence-electron chi connectivity index (χ2n) is 6.49. The first-order valence-corrected chi connectivity index (χ1v) is 8.03. The second kappa shape index (κ2) is 6.35. The van der Waals surface area contributed by atoms with Crippen molar-refractivity contribution in [2.24, 2.45) is 5.41 Å². The average Bonchev–Trinajstić information content (AvgIpc) is 2.64. The molecule has 112 valence electrons. The molecule has 0 amide bonds. The number of rotatable bonds is 2. The predicted octanol–water partition coefficient (Wildman–Crippen LogP) is 3.67. The van der Waals surface area contributed by atoms with Crippen molar-refractivity contribution in [2.45, 2.75) is 33.2 Å². The van der Waals surface area contributed by atoms with Crippen molar-refractivity contribution in [3.8, 4) is 5.75 Å². The van der Waals surface area contributed by atoms with Gasteiger partial charge >= 0.3 is 0 Å². The Morgan fingerprint density at radius 3 is 2.75 bits per heavy atom. The number of hydrogen-bond acceptors (Lipinski definition) is 3. The minimum atomic E-state index is 0.252. The summed E-state index contributed by atoms with van der Waals surface area (Å²) in [5, 5.41) is 3.68. The van der Waals surface area contributed by atoms with Crippen LogP contribution in [0.5, 0.6) is 5.75 Å². The van der Waals surface area contributed by atoms with Gasteiger partial charge in [0, 0.05) is 23.6 Å². The van der Waals surface area contributed by atoms with E-state index in [1.54, 1.807) is 7.11 Å². The zero-order valence-electron chi connectivity index (χ0n) is 12.9. The maximum Gasteiger partial charge on any atom is 0.142 e. The fraction of sp³-hybridized carbons (Fsp3) is 0.625. The van der Waals surface area contributed by atoms with E-state index in [4.69, 9.17) is 4.74 Å². The van der Waals surface area contributed by atoms with E-state index in [1.807, 2.05) is 12.1 Å². The van der Waals surface area contributed by atoms with Crippen molar-refractivity contribution in [2.75, 3.05) is 31.6 Å². The van der Waals surface area contributed by atoms with Crippen molar-refractivity contribution in [1.82, 2.24) is 5.32 Å². The fourth-order valence-electron chi connectivity index (χ4n) is 2.63. The first kappa shape index (κ1) is 15.6. The van der Waals surface area contributed by atoms with Crippen LogP contribution in [-0.4, -0.2) is 32.8 Å². The first-order chi connectivity index (χ1) is 9.41. The Labute approximate surface area is 130 Å². The van der Waals surface area contributed by atoms with Gasteiger partial charge in [0.25, 0.3) is 0 Å². The third-order valence-electron chi connectivity index (χ3n) is 3.93. The first-order valence-electron chi connectivity index (χ1n) is 7.23. The summed E-state index contributed by atoms with van der Waals surface area (Å²) in [6.45, 7) is 10.0. The molecule has 0 aliphatic carbocycles. The van der Waals surface area contributed by atoms with Crippen molar-refractivity contribution in [1.29, 1.82) is 0 Å². The fourth-order valence-corrected chi connectivity index (χ4v) is 2.98. The molecular formula is C16H25BrN2O. The van der Waals surface area contributed by atoms with E-state index < -0.39 is 0 Å². The van der Waals surface area contributed by atoms with Crippen LogP contribution in [0.25, 0.3) is 0 Å². The van der Waals surface area contributed by atoms with Gasteiger partial charge in [0.2, 0.25) is 0 Å². The largest absolute Gasteiger partial charge is 0.495 e. The van der Waals surface area contributed by atoms with Gasteiger partial charge in [0.1, 0.15) is 5.75 Å². The Hall–Kier alpha value is -0.740. The van der Waals surface area contributed by atoms with E-state index >= 15 is 0 Å². The Balaban J connectivity index is 2.28. The molecule has 1 unspecified atom stereocenters. The van der Waals surface area contributed by atoms with E-state index in [0.717, 1.165) is 36.3 Å². The van der Waals surface area contributed by atoms with Crippen molar-refractivity contribution < 1.29 is 4.74 Å². The minimum Gasteiger partial charge on any atom is -0.495 e. The lowest BCUT2D eigenvalue weighted by Crippen LogP contribution is -2.46. The SMILES string of the molecule is COc1ccc(Br)cc1N1CCCNC(C(C)(C)C)C1. The zero-order chi connectivity index (χ0) is 14.8. The van der Waals surface area contributed by atoms with E-state index in [1.165, 1.54) is 5.69 Å². The number of benzene rings is 1. The van der Waals surface area contributed by atoms with Crippen LogP contribution in [0.2, 0.25) is 0 Å². The molecule has 0 aromatic heterocycles. The molecule has 0 radical (unpaired) electrons. The van der Waals surface area contributed by atoms with Crippen LogP contribution in [0, 0.1) is 5.41 Å². The Morgan fingerprint density at radius 1 is 1.35 bits per heavy atom. The van der Waals surface area contributed by atoms with Crippen LogP contribution >= 0.6 is 15.9 Å². The number of nitrogens with zero attached hydrogens (tertiary/aromatic N) is 1. The molecule has 1 aromatic rings. The number of methoxy groups -OCH3 is 1. The van der Waals surface area contributed by atoms with Gasteiger partial charge in [-0.25, -0.2) is 0 Å². The molecule has 0 spiro atoms. The maximum absolute atomic E-state index is 5.53. The van der Waals surface area contributed by atoms with E-state index in [-0.39, 0.29) is 5.41 Å². The summed E-state index contributed by atoms with van der Waals surface area (Å²) in [5.74, 6) is 0.947. The molecule has 4 heteroatoms. The van der Waals surface area contributed by atoms with Gasteiger partial charge in [-0.1, -0.05) is 36.7 Å². The molecule has 1 aliphatic heterocycles. The summed E-state index contributed by atoms with van der Waals surface area (Å²) in [5.41, 5.74) is 1.43. The lowest BCUT2D eigenvalue weighted by molar-refractivity contribution is 0.280. The van der Waals surface area contributed by atoms with E-state index in [2.05, 4.69) is 53.0 Å². The van der Waals surface area contributed by atoms with Gasteiger partial charge in [0.05, 0.1) is 12.8 Å². The summed E-state index contributed by atoms with van der Waals surface area (Å²) in [4.78, 5) is 2.44. The molecule has 1 fully saturated rings. The van der Waals surface area contributed by atoms with Crippen LogP contribution in [0.4, 0.5) is 5.69 Å². The molecule has 0 saturated carbocycles. The number of ether oxygens (including phenoxy) is 1. The second-order valence-corrected chi connectivity index (χ2v) is 7.40. The van der Waals surface area contributed by atoms with Gasteiger partial charge in [-0.2, -0.15) is 0 Å².